The zero-order chi connectivity index (χ0) is 20.6. The van der Waals surface area contributed by atoms with E-state index in [2.05, 4.69) is 4.72 Å². The molecule has 0 spiro atoms. The monoisotopic (exact) mass is 408 g/mol. The van der Waals surface area contributed by atoms with Crippen LogP contribution in [0.15, 0.2) is 65.6 Å². The van der Waals surface area contributed by atoms with Crippen molar-refractivity contribution in [3.8, 4) is 0 Å². The van der Waals surface area contributed by atoms with Gasteiger partial charge in [0.25, 0.3) is 10.0 Å². The fourth-order valence-electron chi connectivity index (χ4n) is 3.84. The molecule has 0 bridgehead atoms. The van der Waals surface area contributed by atoms with E-state index in [1.54, 1.807) is 18.2 Å². The van der Waals surface area contributed by atoms with Gasteiger partial charge in [-0.3, -0.25) is 9.52 Å². The van der Waals surface area contributed by atoms with Gasteiger partial charge in [-0.15, -0.1) is 0 Å². The number of carbonyl (C=O) groups excluding carboxylic acids is 1. The van der Waals surface area contributed by atoms with Gasteiger partial charge in [-0.1, -0.05) is 50.2 Å². The maximum absolute atomic E-state index is 13.1. The first-order valence-corrected chi connectivity index (χ1v) is 11.3. The van der Waals surface area contributed by atoms with Crippen LogP contribution in [-0.4, -0.2) is 20.9 Å². The molecule has 1 heterocycles. The lowest BCUT2D eigenvalue weighted by Gasteiger charge is -2.31. The van der Waals surface area contributed by atoms with Gasteiger partial charge in [0.1, 0.15) is 0 Å². The molecule has 0 fully saturated rings. The Labute approximate surface area is 171 Å². The number of hydrogen-bond donors (Lipinski definition) is 1. The molecule has 5 nitrogen and oxygen atoms in total. The molecule has 3 aromatic carbocycles. The zero-order valence-corrected chi connectivity index (χ0v) is 17.4. The summed E-state index contributed by atoms with van der Waals surface area (Å²) in [7, 11) is -3.74. The Bertz CT molecular complexity index is 1180. The molecule has 1 aliphatic heterocycles. The predicted molar refractivity (Wildman–Crippen MR) is 117 cm³/mol. The number of rotatable bonds is 4. The lowest BCUT2D eigenvalue weighted by molar-refractivity contribution is -0.121. The third-order valence-electron chi connectivity index (χ3n) is 5.25. The van der Waals surface area contributed by atoms with Crippen LogP contribution in [0.3, 0.4) is 0 Å². The predicted octanol–water partition coefficient (Wildman–Crippen LogP) is 4.58. The van der Waals surface area contributed by atoms with E-state index in [4.69, 9.17) is 0 Å². The van der Waals surface area contributed by atoms with Crippen LogP contribution in [0.4, 0.5) is 11.4 Å². The smallest absolute Gasteiger partial charge is 0.262 e. The first-order valence-electron chi connectivity index (χ1n) is 9.82. The Morgan fingerprint density at radius 3 is 2.59 bits per heavy atom. The highest BCUT2D eigenvalue weighted by molar-refractivity contribution is 7.93. The maximum Gasteiger partial charge on any atom is 0.262 e. The SMILES string of the molecule is CC(C)C(=O)N1CCCc2cc(NS(=O)(=O)c3cccc4ccccc34)ccc21. The molecule has 0 aliphatic carbocycles. The van der Waals surface area contributed by atoms with Crippen LogP contribution in [0.25, 0.3) is 10.8 Å². The summed E-state index contributed by atoms with van der Waals surface area (Å²) < 4.78 is 28.9. The topological polar surface area (TPSA) is 66.5 Å². The number of sulfonamides is 1. The van der Waals surface area contributed by atoms with E-state index >= 15 is 0 Å². The molecule has 4 rings (SSSR count). The number of nitrogens with zero attached hydrogens (tertiary/aromatic N) is 1. The minimum Gasteiger partial charge on any atom is -0.312 e. The molecule has 1 amide bonds. The number of nitrogens with one attached hydrogen (secondary N) is 1. The van der Waals surface area contributed by atoms with Crippen LogP contribution >= 0.6 is 0 Å². The van der Waals surface area contributed by atoms with Gasteiger partial charge in [0, 0.05) is 29.2 Å². The van der Waals surface area contributed by atoms with Crippen molar-refractivity contribution in [1.82, 2.24) is 0 Å². The second-order valence-electron chi connectivity index (χ2n) is 7.67. The van der Waals surface area contributed by atoms with Gasteiger partial charge in [-0.25, -0.2) is 8.42 Å². The van der Waals surface area contributed by atoms with Gasteiger partial charge in [0.2, 0.25) is 5.91 Å². The van der Waals surface area contributed by atoms with E-state index in [1.807, 2.05) is 61.2 Å². The Kier molecular flexibility index (Phi) is 5.04. The second kappa shape index (κ2) is 7.52. The number of hydrogen-bond acceptors (Lipinski definition) is 3. The lowest BCUT2D eigenvalue weighted by Crippen LogP contribution is -2.38. The van der Waals surface area contributed by atoms with E-state index in [0.29, 0.717) is 17.6 Å². The highest BCUT2D eigenvalue weighted by Crippen LogP contribution is 2.32. The van der Waals surface area contributed by atoms with Crippen LogP contribution in [0.5, 0.6) is 0 Å². The third kappa shape index (κ3) is 3.72. The van der Waals surface area contributed by atoms with Gasteiger partial charge < -0.3 is 4.90 Å². The molecule has 0 aromatic heterocycles. The zero-order valence-electron chi connectivity index (χ0n) is 16.6. The standard InChI is InChI=1S/C23H24N2O3S/c1-16(2)23(26)25-14-6-9-18-15-19(12-13-21(18)25)24-29(27,28)22-11-5-8-17-7-3-4-10-20(17)22/h3-5,7-8,10-13,15-16,24H,6,9,14H2,1-2H3. The Morgan fingerprint density at radius 2 is 1.79 bits per heavy atom. The lowest BCUT2D eigenvalue weighted by atomic mass is 9.99. The molecule has 6 heteroatoms. The first kappa shape index (κ1) is 19.5. The third-order valence-corrected chi connectivity index (χ3v) is 6.69. The van der Waals surface area contributed by atoms with Gasteiger partial charge in [0.15, 0.2) is 0 Å². The summed E-state index contributed by atoms with van der Waals surface area (Å²) >= 11 is 0. The summed E-state index contributed by atoms with van der Waals surface area (Å²) in [6.07, 6.45) is 1.69. The number of anilines is 2. The highest BCUT2D eigenvalue weighted by atomic mass is 32.2. The molecule has 0 saturated carbocycles. The molecule has 150 valence electrons. The quantitative estimate of drug-likeness (QED) is 0.687. The summed E-state index contributed by atoms with van der Waals surface area (Å²) in [5.41, 5.74) is 2.38. The molecular formula is C23H24N2O3S. The minimum atomic E-state index is -3.74. The second-order valence-corrected chi connectivity index (χ2v) is 9.33. The molecule has 0 radical (unpaired) electrons. The van der Waals surface area contributed by atoms with Crippen molar-refractivity contribution in [2.75, 3.05) is 16.2 Å². The van der Waals surface area contributed by atoms with Crippen molar-refractivity contribution in [2.24, 2.45) is 5.92 Å². The van der Waals surface area contributed by atoms with Crippen LogP contribution in [-0.2, 0) is 21.2 Å². The van der Waals surface area contributed by atoms with Gasteiger partial charge in [-0.2, -0.15) is 0 Å². The van der Waals surface area contributed by atoms with E-state index < -0.39 is 10.0 Å². The number of fused-ring (bicyclic) bond motifs is 2. The van der Waals surface area contributed by atoms with Crippen molar-refractivity contribution in [3.63, 3.8) is 0 Å². The summed E-state index contributed by atoms with van der Waals surface area (Å²) in [6, 6.07) is 18.1. The van der Waals surface area contributed by atoms with Crippen molar-refractivity contribution in [3.05, 3.63) is 66.2 Å². The number of aryl methyl sites for hydroxylation is 1. The Morgan fingerprint density at radius 1 is 1.03 bits per heavy atom. The summed E-state index contributed by atoms with van der Waals surface area (Å²) in [5.74, 6) is 0.0144. The summed E-state index contributed by atoms with van der Waals surface area (Å²) in [5, 5.41) is 1.57. The fourth-order valence-corrected chi connectivity index (χ4v) is 5.12. The van der Waals surface area contributed by atoms with Crippen LogP contribution < -0.4 is 9.62 Å². The minimum absolute atomic E-state index is 0.0782. The van der Waals surface area contributed by atoms with E-state index in [1.165, 1.54) is 0 Å². The summed E-state index contributed by atoms with van der Waals surface area (Å²) in [4.78, 5) is 14.6. The molecule has 1 aliphatic rings. The van der Waals surface area contributed by atoms with E-state index in [0.717, 1.165) is 29.5 Å². The molecule has 1 N–H and O–H groups in total. The summed E-state index contributed by atoms with van der Waals surface area (Å²) in [6.45, 7) is 4.48. The van der Waals surface area contributed by atoms with Crippen molar-refractivity contribution in [1.29, 1.82) is 0 Å². The highest BCUT2D eigenvalue weighted by Gasteiger charge is 2.25. The first-order chi connectivity index (χ1) is 13.9. The van der Waals surface area contributed by atoms with Crippen LogP contribution in [0.1, 0.15) is 25.8 Å². The maximum atomic E-state index is 13.1. The van der Waals surface area contributed by atoms with Crippen LogP contribution in [0, 0.1) is 5.92 Å². The van der Waals surface area contributed by atoms with Crippen molar-refractivity contribution >= 4 is 38.1 Å². The fraction of sp³-hybridized carbons (Fsp3) is 0.261. The van der Waals surface area contributed by atoms with Crippen molar-refractivity contribution < 1.29 is 13.2 Å². The molecule has 0 unspecified atom stereocenters. The van der Waals surface area contributed by atoms with Crippen molar-refractivity contribution in [2.45, 2.75) is 31.6 Å². The van der Waals surface area contributed by atoms with Gasteiger partial charge in [0.05, 0.1) is 4.90 Å². The molecule has 3 aromatic rings. The Balaban J connectivity index is 1.67. The Hall–Kier alpha value is -2.86. The number of benzene rings is 3. The molecule has 0 saturated heterocycles. The largest absolute Gasteiger partial charge is 0.312 e. The average Bonchev–Trinajstić information content (AvgIpc) is 2.71. The van der Waals surface area contributed by atoms with E-state index in [-0.39, 0.29) is 16.7 Å². The van der Waals surface area contributed by atoms with Gasteiger partial charge >= 0.3 is 0 Å². The molecular weight excluding hydrogens is 384 g/mol. The number of carbonyl (C=O) groups is 1. The average molecular weight is 409 g/mol. The van der Waals surface area contributed by atoms with E-state index in [9.17, 15) is 13.2 Å². The molecule has 29 heavy (non-hydrogen) atoms. The van der Waals surface area contributed by atoms with Gasteiger partial charge in [-0.05, 0) is 48.1 Å². The number of amides is 1. The normalized spacial score (nSPS) is 14.1. The molecule has 0 atom stereocenters. The van der Waals surface area contributed by atoms with Crippen LogP contribution in [0.2, 0.25) is 0 Å².